The third kappa shape index (κ3) is 4.49. The van der Waals surface area contributed by atoms with Crippen molar-refractivity contribution in [3.05, 3.63) is 0 Å². The number of nitrogens with zero attached hydrogens (tertiary/aromatic N) is 4. The van der Waals surface area contributed by atoms with Crippen LogP contribution in [-0.2, 0) is 4.74 Å². The molecule has 1 aromatic rings. The minimum atomic E-state index is -0.150. The topological polar surface area (TPSA) is 98.4 Å². The minimum absolute atomic E-state index is 0.150. The van der Waals surface area contributed by atoms with Crippen LogP contribution in [0, 0.1) is 0 Å². The van der Waals surface area contributed by atoms with Crippen molar-refractivity contribution in [2.75, 3.05) is 37.1 Å². The number of hydrogen-bond donors (Lipinski definition) is 2. The van der Waals surface area contributed by atoms with E-state index < -0.39 is 0 Å². The van der Waals surface area contributed by atoms with E-state index in [0.717, 1.165) is 13.1 Å². The van der Waals surface area contributed by atoms with Gasteiger partial charge in [0.25, 0.3) is 0 Å². The Morgan fingerprint density at radius 3 is 2.47 bits per heavy atom. The Bertz CT molecular complexity index is 385. The molecule has 108 valence electrons. The lowest BCUT2D eigenvalue weighted by Gasteiger charge is -2.20. The van der Waals surface area contributed by atoms with Crippen molar-refractivity contribution in [3.8, 4) is 6.01 Å². The first-order valence-electron chi connectivity index (χ1n) is 6.27. The molecular formula is C11H22N6O2. The summed E-state index contributed by atoms with van der Waals surface area (Å²) in [6.07, 6.45) is -0.150. The Kier molecular flexibility index (Phi) is 6.23. The number of anilines is 2. The summed E-state index contributed by atoms with van der Waals surface area (Å²) in [5.74, 6) is 6.17. The molecule has 0 aliphatic heterocycles. The molecule has 0 aliphatic rings. The number of nitrogens with one attached hydrogen (secondary N) is 1. The van der Waals surface area contributed by atoms with Crippen LogP contribution in [0.3, 0.4) is 0 Å². The van der Waals surface area contributed by atoms with Crippen LogP contribution in [0.15, 0.2) is 0 Å². The van der Waals surface area contributed by atoms with Gasteiger partial charge in [0.1, 0.15) is 6.10 Å². The highest BCUT2D eigenvalue weighted by molar-refractivity contribution is 5.37. The average Bonchev–Trinajstić information content (AvgIpc) is 2.40. The smallest absolute Gasteiger partial charge is 0.323 e. The quantitative estimate of drug-likeness (QED) is 0.518. The van der Waals surface area contributed by atoms with E-state index in [1.54, 1.807) is 7.11 Å². The third-order valence-electron chi connectivity index (χ3n) is 2.49. The molecule has 8 nitrogen and oxygen atoms in total. The van der Waals surface area contributed by atoms with Gasteiger partial charge in [-0.1, -0.05) is 0 Å². The van der Waals surface area contributed by atoms with Gasteiger partial charge >= 0.3 is 6.01 Å². The molecule has 0 saturated carbocycles. The maximum atomic E-state index is 5.57. The number of hydrazine groups is 1. The van der Waals surface area contributed by atoms with Gasteiger partial charge in [-0.2, -0.15) is 15.0 Å². The number of nitrogens with two attached hydrogens (primary N) is 1. The van der Waals surface area contributed by atoms with Crippen molar-refractivity contribution in [2.24, 2.45) is 5.84 Å². The Balaban J connectivity index is 2.94. The van der Waals surface area contributed by atoms with Gasteiger partial charge in [0, 0.05) is 20.2 Å². The van der Waals surface area contributed by atoms with E-state index in [9.17, 15) is 0 Å². The second-order valence-electron chi connectivity index (χ2n) is 3.94. The van der Waals surface area contributed by atoms with E-state index in [2.05, 4.69) is 20.4 Å². The number of aromatic nitrogens is 3. The van der Waals surface area contributed by atoms with Crippen molar-refractivity contribution in [1.29, 1.82) is 0 Å². The molecule has 19 heavy (non-hydrogen) atoms. The molecule has 0 aliphatic carbocycles. The van der Waals surface area contributed by atoms with Gasteiger partial charge in [0.2, 0.25) is 11.9 Å². The molecule has 1 unspecified atom stereocenters. The SMILES string of the molecule is CCN(CC)c1nc(NN)nc(OC(C)COC)n1. The van der Waals surface area contributed by atoms with Crippen molar-refractivity contribution in [2.45, 2.75) is 26.9 Å². The van der Waals surface area contributed by atoms with E-state index in [4.69, 9.17) is 15.3 Å². The van der Waals surface area contributed by atoms with Crippen LogP contribution >= 0.6 is 0 Å². The first kappa shape index (κ1) is 15.4. The summed E-state index contributed by atoms with van der Waals surface area (Å²) in [6, 6.07) is 0.231. The number of hydrogen-bond acceptors (Lipinski definition) is 8. The van der Waals surface area contributed by atoms with E-state index in [1.165, 1.54) is 0 Å². The maximum absolute atomic E-state index is 5.57. The number of nitrogen functional groups attached to an aromatic ring is 1. The standard InChI is InChI=1S/C11H22N6O2/c1-5-17(6-2)10-13-9(16-12)14-11(15-10)19-8(3)7-18-4/h8H,5-7,12H2,1-4H3,(H,13,14,15,16). The molecule has 1 atom stereocenters. The summed E-state index contributed by atoms with van der Waals surface area (Å²) in [6.45, 7) is 7.96. The molecule has 3 N–H and O–H groups in total. The van der Waals surface area contributed by atoms with Crippen LogP contribution < -0.4 is 20.9 Å². The zero-order chi connectivity index (χ0) is 14.3. The second kappa shape index (κ2) is 7.70. The highest BCUT2D eigenvalue weighted by atomic mass is 16.5. The number of rotatable bonds is 8. The number of ether oxygens (including phenoxy) is 2. The van der Waals surface area contributed by atoms with Gasteiger partial charge in [0.15, 0.2) is 0 Å². The van der Waals surface area contributed by atoms with E-state index >= 15 is 0 Å². The van der Waals surface area contributed by atoms with Crippen molar-refractivity contribution < 1.29 is 9.47 Å². The largest absolute Gasteiger partial charge is 0.458 e. The Labute approximate surface area is 113 Å². The van der Waals surface area contributed by atoms with Crippen LogP contribution in [0.1, 0.15) is 20.8 Å². The summed E-state index contributed by atoms with van der Waals surface area (Å²) in [7, 11) is 1.61. The van der Waals surface area contributed by atoms with Crippen molar-refractivity contribution in [1.82, 2.24) is 15.0 Å². The molecular weight excluding hydrogens is 248 g/mol. The molecule has 0 spiro atoms. The predicted molar refractivity (Wildman–Crippen MR) is 73.2 cm³/mol. The zero-order valence-corrected chi connectivity index (χ0v) is 11.9. The number of methoxy groups -OCH3 is 1. The van der Waals surface area contributed by atoms with Gasteiger partial charge in [-0.25, -0.2) is 5.84 Å². The molecule has 1 heterocycles. The monoisotopic (exact) mass is 270 g/mol. The summed E-state index contributed by atoms with van der Waals surface area (Å²) in [5, 5.41) is 0. The van der Waals surface area contributed by atoms with Gasteiger partial charge in [-0.05, 0) is 20.8 Å². The lowest BCUT2D eigenvalue weighted by Crippen LogP contribution is -2.27. The lowest BCUT2D eigenvalue weighted by atomic mass is 10.4. The summed E-state index contributed by atoms with van der Waals surface area (Å²) in [5.41, 5.74) is 2.42. The fraction of sp³-hybridized carbons (Fsp3) is 0.727. The molecule has 0 bridgehead atoms. The third-order valence-corrected chi connectivity index (χ3v) is 2.49. The maximum Gasteiger partial charge on any atom is 0.323 e. The van der Waals surface area contributed by atoms with Gasteiger partial charge < -0.3 is 14.4 Å². The van der Waals surface area contributed by atoms with Crippen LogP contribution in [0.2, 0.25) is 0 Å². The molecule has 0 amide bonds. The predicted octanol–water partition coefficient (Wildman–Crippen LogP) is 0.417. The highest BCUT2D eigenvalue weighted by Crippen LogP contribution is 2.15. The minimum Gasteiger partial charge on any atom is -0.458 e. The molecule has 0 radical (unpaired) electrons. The zero-order valence-electron chi connectivity index (χ0n) is 11.9. The van der Waals surface area contributed by atoms with Crippen LogP contribution in [0.25, 0.3) is 0 Å². The molecule has 0 aromatic carbocycles. The fourth-order valence-electron chi connectivity index (χ4n) is 1.56. The highest BCUT2D eigenvalue weighted by Gasteiger charge is 2.13. The first-order valence-corrected chi connectivity index (χ1v) is 6.27. The Morgan fingerprint density at radius 1 is 1.26 bits per heavy atom. The average molecular weight is 270 g/mol. The summed E-state index contributed by atoms with van der Waals surface area (Å²) in [4.78, 5) is 14.5. The molecule has 8 heteroatoms. The van der Waals surface area contributed by atoms with Gasteiger partial charge in [-0.3, -0.25) is 5.43 Å². The molecule has 0 saturated heterocycles. The Morgan fingerprint density at radius 2 is 1.95 bits per heavy atom. The van der Waals surface area contributed by atoms with Gasteiger partial charge in [-0.15, -0.1) is 0 Å². The van der Waals surface area contributed by atoms with Crippen molar-refractivity contribution >= 4 is 11.9 Å². The van der Waals surface area contributed by atoms with E-state index in [1.807, 2.05) is 25.7 Å². The van der Waals surface area contributed by atoms with Crippen LogP contribution in [0.5, 0.6) is 6.01 Å². The first-order chi connectivity index (χ1) is 9.14. The van der Waals surface area contributed by atoms with Crippen LogP contribution in [-0.4, -0.2) is 47.9 Å². The van der Waals surface area contributed by atoms with E-state index in [-0.39, 0.29) is 18.1 Å². The molecule has 1 rings (SSSR count). The van der Waals surface area contributed by atoms with Crippen LogP contribution in [0.4, 0.5) is 11.9 Å². The van der Waals surface area contributed by atoms with Gasteiger partial charge in [0.05, 0.1) is 6.61 Å². The Hall–Kier alpha value is -1.67. The van der Waals surface area contributed by atoms with Crippen molar-refractivity contribution in [3.63, 3.8) is 0 Å². The molecule has 1 aromatic heterocycles. The summed E-state index contributed by atoms with van der Waals surface area (Å²) < 4.78 is 10.6. The molecule has 0 fully saturated rings. The lowest BCUT2D eigenvalue weighted by molar-refractivity contribution is 0.0855. The summed E-state index contributed by atoms with van der Waals surface area (Å²) >= 11 is 0. The fourth-order valence-corrected chi connectivity index (χ4v) is 1.56. The van der Waals surface area contributed by atoms with E-state index in [0.29, 0.717) is 12.6 Å². The second-order valence-corrected chi connectivity index (χ2v) is 3.94. The normalized spacial score (nSPS) is 12.1.